The van der Waals surface area contributed by atoms with Crippen molar-refractivity contribution in [3.8, 4) is 0 Å². The van der Waals surface area contributed by atoms with Crippen LogP contribution in [-0.4, -0.2) is 47.9 Å². The highest BCUT2D eigenvalue weighted by molar-refractivity contribution is 6.15. The number of benzene rings is 1. The van der Waals surface area contributed by atoms with Crippen molar-refractivity contribution in [1.82, 2.24) is 0 Å². The first-order valence-corrected chi connectivity index (χ1v) is 9.98. The van der Waals surface area contributed by atoms with Crippen LogP contribution in [0.15, 0.2) is 44.6 Å². The summed E-state index contributed by atoms with van der Waals surface area (Å²) in [6.45, 7) is 3.67. The van der Waals surface area contributed by atoms with Crippen molar-refractivity contribution in [2.45, 2.75) is 26.7 Å². The van der Waals surface area contributed by atoms with E-state index in [9.17, 15) is 34.2 Å². The van der Waals surface area contributed by atoms with E-state index >= 15 is 0 Å². The maximum atomic E-state index is 11.8. The second kappa shape index (κ2) is 11.4. The van der Waals surface area contributed by atoms with Crippen LogP contribution in [0, 0.1) is 0 Å². The van der Waals surface area contributed by atoms with Crippen LogP contribution >= 0.6 is 0 Å². The van der Waals surface area contributed by atoms with Crippen LogP contribution in [0.2, 0.25) is 0 Å². The molecule has 0 fully saturated rings. The van der Waals surface area contributed by atoms with Crippen LogP contribution in [0.1, 0.15) is 37.8 Å². The standard InChI is InChI=1S/C23H22O10/c1-3-7-31-20(16(11-24)22(27)28)13-9-15(14-5-6-19(26)33-18(14)10-13)21(32-8-4-2)17(12-25)23(29)30/h5-6,9-12H,3-4,7-8H2,1-2H3,(H,27,28)(H,29,30). The van der Waals surface area contributed by atoms with Gasteiger partial charge in [0.1, 0.15) is 28.2 Å². The Kier molecular flexibility index (Phi) is 8.67. The number of ether oxygens (including phenoxy) is 2. The minimum absolute atomic E-state index is 0.0121. The predicted molar refractivity (Wildman–Crippen MR) is 116 cm³/mol. The molecule has 1 aromatic carbocycles. The second-order valence-electron chi connectivity index (χ2n) is 6.72. The molecule has 0 aliphatic heterocycles. The Hall–Kier alpha value is -4.21. The molecule has 0 bridgehead atoms. The van der Waals surface area contributed by atoms with Gasteiger partial charge in [-0.2, -0.15) is 0 Å². The predicted octanol–water partition coefficient (Wildman–Crippen LogP) is 2.64. The second-order valence-corrected chi connectivity index (χ2v) is 6.72. The highest BCUT2D eigenvalue weighted by atomic mass is 16.5. The van der Waals surface area contributed by atoms with Crippen molar-refractivity contribution >= 4 is 47.0 Å². The fraction of sp³-hybridized carbons (Fsp3) is 0.261. The molecular formula is C23H22O10. The van der Waals surface area contributed by atoms with Crippen molar-refractivity contribution in [2.24, 2.45) is 0 Å². The first-order valence-electron chi connectivity index (χ1n) is 9.98. The number of hydrogen-bond acceptors (Lipinski definition) is 8. The third-order valence-electron chi connectivity index (χ3n) is 4.33. The van der Waals surface area contributed by atoms with E-state index in [2.05, 4.69) is 0 Å². The SMILES string of the molecule is CCCOC(=C(C=O)C(=O)O)c1cc(C(OCCC)=C(C=O)C(=O)O)c2ccc(=O)oc2c1. The van der Waals surface area contributed by atoms with Gasteiger partial charge in [-0.3, -0.25) is 9.59 Å². The molecule has 2 rings (SSSR count). The van der Waals surface area contributed by atoms with Crippen LogP contribution in [0.25, 0.3) is 22.5 Å². The molecule has 0 aliphatic rings. The van der Waals surface area contributed by atoms with Gasteiger partial charge in [0.05, 0.1) is 13.2 Å². The zero-order valence-electron chi connectivity index (χ0n) is 18.0. The fourth-order valence-corrected chi connectivity index (χ4v) is 2.92. The number of carboxylic acids is 2. The number of carbonyl (C=O) groups is 4. The van der Waals surface area contributed by atoms with Crippen LogP contribution in [-0.2, 0) is 28.7 Å². The van der Waals surface area contributed by atoms with E-state index in [0.29, 0.717) is 12.8 Å². The monoisotopic (exact) mass is 458 g/mol. The molecule has 0 atom stereocenters. The molecule has 33 heavy (non-hydrogen) atoms. The third-order valence-corrected chi connectivity index (χ3v) is 4.33. The number of carbonyl (C=O) groups excluding carboxylic acids is 2. The Bertz CT molecular complexity index is 1200. The molecule has 0 saturated heterocycles. The molecule has 0 saturated carbocycles. The van der Waals surface area contributed by atoms with Gasteiger partial charge in [0.25, 0.3) is 0 Å². The van der Waals surface area contributed by atoms with Crippen molar-refractivity contribution in [3.63, 3.8) is 0 Å². The van der Waals surface area contributed by atoms with Crippen molar-refractivity contribution < 1.29 is 43.3 Å². The summed E-state index contributed by atoms with van der Waals surface area (Å²) in [5, 5.41) is 19.2. The zero-order valence-corrected chi connectivity index (χ0v) is 18.0. The molecule has 2 N–H and O–H groups in total. The molecule has 174 valence electrons. The first-order chi connectivity index (χ1) is 15.8. The summed E-state index contributed by atoms with van der Waals surface area (Å²) in [5.74, 6) is -3.72. The summed E-state index contributed by atoms with van der Waals surface area (Å²) in [7, 11) is 0. The van der Waals surface area contributed by atoms with Crippen molar-refractivity contribution in [1.29, 1.82) is 0 Å². The van der Waals surface area contributed by atoms with Gasteiger partial charge in [-0.15, -0.1) is 0 Å². The molecule has 0 radical (unpaired) electrons. The van der Waals surface area contributed by atoms with Gasteiger partial charge in [0, 0.05) is 22.6 Å². The summed E-state index contributed by atoms with van der Waals surface area (Å²) in [4.78, 5) is 58.2. The molecule has 10 nitrogen and oxygen atoms in total. The lowest BCUT2D eigenvalue weighted by molar-refractivity contribution is -0.134. The smallest absolute Gasteiger partial charge is 0.342 e. The van der Waals surface area contributed by atoms with E-state index in [1.54, 1.807) is 13.8 Å². The van der Waals surface area contributed by atoms with Crippen molar-refractivity contribution in [2.75, 3.05) is 13.2 Å². The number of fused-ring (bicyclic) bond motifs is 1. The summed E-state index contributed by atoms with van der Waals surface area (Å²) in [6.07, 6.45) is 1.20. The van der Waals surface area contributed by atoms with Crippen molar-refractivity contribution in [3.05, 3.63) is 57.0 Å². The van der Waals surface area contributed by atoms with Gasteiger partial charge in [-0.05, 0) is 31.0 Å². The number of aliphatic carboxylic acids is 2. The maximum Gasteiger partial charge on any atom is 0.342 e. The third kappa shape index (κ3) is 5.73. The molecule has 0 unspecified atom stereocenters. The Morgan fingerprint density at radius 1 is 0.909 bits per heavy atom. The molecular weight excluding hydrogens is 436 g/mol. The average molecular weight is 458 g/mol. The molecule has 0 spiro atoms. The maximum absolute atomic E-state index is 11.8. The van der Waals surface area contributed by atoms with Crippen LogP contribution in [0.3, 0.4) is 0 Å². The van der Waals surface area contributed by atoms with Gasteiger partial charge in [-0.1, -0.05) is 13.8 Å². The van der Waals surface area contributed by atoms with Crippen LogP contribution < -0.4 is 5.63 Å². The number of hydrogen-bond donors (Lipinski definition) is 2. The minimum Gasteiger partial charge on any atom is -0.492 e. The fourth-order valence-electron chi connectivity index (χ4n) is 2.92. The van der Waals surface area contributed by atoms with E-state index in [1.807, 2.05) is 0 Å². The summed E-state index contributed by atoms with van der Waals surface area (Å²) in [6, 6.07) is 5.06. The highest BCUT2D eigenvalue weighted by Crippen LogP contribution is 2.33. The summed E-state index contributed by atoms with van der Waals surface area (Å²) >= 11 is 0. The summed E-state index contributed by atoms with van der Waals surface area (Å²) < 4.78 is 16.3. The zero-order chi connectivity index (χ0) is 24.5. The van der Waals surface area contributed by atoms with Crippen LogP contribution in [0.5, 0.6) is 0 Å². The molecule has 2 aromatic rings. The number of rotatable bonds is 12. The van der Waals surface area contributed by atoms with Gasteiger partial charge in [-0.25, -0.2) is 14.4 Å². The number of aldehydes is 2. The van der Waals surface area contributed by atoms with E-state index in [-0.39, 0.29) is 59.4 Å². The first kappa shape index (κ1) is 25.1. The quantitative estimate of drug-likeness (QED) is 0.121. The topological polar surface area (TPSA) is 157 Å². The normalized spacial score (nSPS) is 12.4. The van der Waals surface area contributed by atoms with Crippen LogP contribution in [0.4, 0.5) is 0 Å². The molecule has 0 amide bonds. The average Bonchev–Trinajstić information content (AvgIpc) is 2.77. The number of carboxylic acid groups (broad SMARTS) is 2. The largest absolute Gasteiger partial charge is 0.492 e. The van der Waals surface area contributed by atoms with Gasteiger partial charge in [0.15, 0.2) is 12.6 Å². The summed E-state index contributed by atoms with van der Waals surface area (Å²) in [5.41, 5.74) is -2.12. The van der Waals surface area contributed by atoms with E-state index < -0.39 is 28.7 Å². The highest BCUT2D eigenvalue weighted by Gasteiger charge is 2.24. The Labute approximate surface area is 187 Å². The minimum atomic E-state index is -1.55. The van der Waals surface area contributed by atoms with Gasteiger partial charge < -0.3 is 24.1 Å². The molecule has 0 aliphatic carbocycles. The lowest BCUT2D eigenvalue weighted by atomic mass is 9.98. The van der Waals surface area contributed by atoms with E-state index in [4.69, 9.17) is 13.9 Å². The molecule has 10 heteroatoms. The lowest BCUT2D eigenvalue weighted by Gasteiger charge is -2.17. The van der Waals surface area contributed by atoms with Gasteiger partial charge >= 0.3 is 17.6 Å². The Balaban J connectivity index is 3.02. The molecule has 1 heterocycles. The Morgan fingerprint density at radius 3 is 1.97 bits per heavy atom. The van der Waals surface area contributed by atoms with Gasteiger partial charge in [0.2, 0.25) is 0 Å². The lowest BCUT2D eigenvalue weighted by Crippen LogP contribution is -2.11. The molecule has 1 aromatic heterocycles. The van der Waals surface area contributed by atoms with E-state index in [1.165, 1.54) is 18.2 Å². The van der Waals surface area contributed by atoms with E-state index in [0.717, 1.165) is 6.07 Å². The Morgan fingerprint density at radius 2 is 1.45 bits per heavy atom.